The second-order valence-electron chi connectivity index (χ2n) is 19.4. The minimum atomic E-state index is -4.94. The number of hydrogen-bond donors (Lipinski definition) is 3. The molecule has 7 rings (SSSR count). The number of sulfonamides is 1. The molecule has 3 heterocycles. The fourth-order valence-corrected chi connectivity index (χ4v) is 11.1. The lowest BCUT2D eigenvalue weighted by atomic mass is 9.85. The number of methoxy groups -OCH3 is 1. The van der Waals surface area contributed by atoms with Gasteiger partial charge in [0.15, 0.2) is 0 Å². The van der Waals surface area contributed by atoms with E-state index in [-0.39, 0.29) is 57.4 Å². The number of amides is 4. The highest BCUT2D eigenvalue weighted by molar-refractivity contribution is 7.91. The van der Waals surface area contributed by atoms with Crippen LogP contribution in [0.3, 0.4) is 0 Å². The van der Waals surface area contributed by atoms with E-state index in [4.69, 9.17) is 24.2 Å². The number of ether oxygens (including phenoxy) is 3. The van der Waals surface area contributed by atoms with Gasteiger partial charge in [-0.05, 0) is 88.7 Å². The third-order valence-corrected chi connectivity index (χ3v) is 16.2. The van der Waals surface area contributed by atoms with E-state index in [1.807, 2.05) is 4.72 Å². The van der Waals surface area contributed by atoms with Gasteiger partial charge in [-0.1, -0.05) is 40.5 Å². The van der Waals surface area contributed by atoms with Gasteiger partial charge in [0.1, 0.15) is 35.2 Å². The molecule has 0 radical (unpaired) electrons. The highest BCUT2D eigenvalue weighted by Gasteiger charge is 2.68. The normalized spacial score (nSPS) is 31.1. The SMILES string of the molecule is CC[C@@H]1[C@@H]2CN(C(=O)[C@H](C(C)(C)C)NC(=O)O[C@@]3(C(F)(F)F)CCCC3CCCCCc3nc4ccc(OC)cc4nc3O2)[C@@H]1C(=O)N[C@]1(C(=O)NS(=O)(=O)C2(C)CC2)C[C@H]1C(F)F. The van der Waals surface area contributed by atoms with E-state index < -0.39 is 117 Å². The van der Waals surface area contributed by atoms with Crippen molar-refractivity contribution < 1.29 is 63.8 Å². The Balaban J connectivity index is 1.31. The zero-order chi connectivity index (χ0) is 46.8. The van der Waals surface area contributed by atoms with Crippen LogP contribution in [-0.4, -0.2) is 107 Å². The molecule has 3 aliphatic carbocycles. The number of aromatic nitrogens is 2. The highest BCUT2D eigenvalue weighted by Crippen LogP contribution is 2.52. The molecule has 2 aliphatic heterocycles. The molecule has 1 saturated heterocycles. The molecule has 8 atom stereocenters. The Hall–Kier alpha value is -4.56. The van der Waals surface area contributed by atoms with Crippen molar-refractivity contribution in [3.8, 4) is 11.6 Å². The number of fused-ring (bicyclic) bond motifs is 5. The van der Waals surface area contributed by atoms with Gasteiger partial charge in [0.05, 0.1) is 35.4 Å². The number of rotatable bonds is 8. The number of carbonyl (C=O) groups is 4. The molecule has 1 aromatic carbocycles. The number of halogens is 5. The molecular formula is C43H57F5N6O9S. The van der Waals surface area contributed by atoms with Crippen LogP contribution >= 0.6 is 0 Å². The maximum atomic E-state index is 15.1. The van der Waals surface area contributed by atoms with Gasteiger partial charge in [-0.3, -0.25) is 19.1 Å². The lowest BCUT2D eigenvalue weighted by Crippen LogP contribution is -2.62. The molecule has 15 nitrogen and oxygen atoms in total. The van der Waals surface area contributed by atoms with E-state index in [1.165, 1.54) is 14.0 Å². The summed E-state index contributed by atoms with van der Waals surface area (Å²) < 4.78 is 119. The number of benzene rings is 1. The molecule has 21 heteroatoms. The summed E-state index contributed by atoms with van der Waals surface area (Å²) in [5.74, 6) is -6.60. The van der Waals surface area contributed by atoms with Gasteiger partial charge >= 0.3 is 12.3 Å². The van der Waals surface area contributed by atoms with Gasteiger partial charge in [-0.25, -0.2) is 32.0 Å². The molecule has 2 aromatic rings. The molecule has 3 N–H and O–H groups in total. The topological polar surface area (TPSA) is 195 Å². The van der Waals surface area contributed by atoms with Crippen molar-refractivity contribution >= 4 is 44.9 Å². The van der Waals surface area contributed by atoms with E-state index in [0.29, 0.717) is 41.7 Å². The Labute approximate surface area is 368 Å². The molecule has 2 bridgehead atoms. The van der Waals surface area contributed by atoms with Crippen molar-refractivity contribution in [3.05, 3.63) is 23.9 Å². The number of nitrogens with one attached hydrogen (secondary N) is 3. The average molecular weight is 929 g/mol. The summed E-state index contributed by atoms with van der Waals surface area (Å²) in [4.78, 5) is 68.0. The number of carbonyl (C=O) groups excluding carboxylic acids is 4. The molecule has 1 unspecified atom stereocenters. The molecule has 3 saturated carbocycles. The summed E-state index contributed by atoms with van der Waals surface area (Å²) >= 11 is 0. The summed E-state index contributed by atoms with van der Waals surface area (Å²) in [7, 11) is -2.85. The maximum absolute atomic E-state index is 15.1. The van der Waals surface area contributed by atoms with E-state index >= 15 is 18.0 Å². The first-order valence-electron chi connectivity index (χ1n) is 22.0. The molecule has 4 amide bonds. The average Bonchev–Trinajstić information content (AvgIpc) is 4.06. The molecular weight excluding hydrogens is 872 g/mol. The van der Waals surface area contributed by atoms with Crippen LogP contribution in [-0.2, 0) is 35.6 Å². The number of alkyl halides is 5. The third-order valence-electron chi connectivity index (χ3n) is 14.0. The van der Waals surface area contributed by atoms with Crippen LogP contribution < -0.4 is 24.8 Å². The first-order valence-corrected chi connectivity index (χ1v) is 23.4. The molecule has 0 spiro atoms. The second-order valence-corrected chi connectivity index (χ2v) is 21.6. The van der Waals surface area contributed by atoms with E-state index in [2.05, 4.69) is 10.6 Å². The first-order chi connectivity index (χ1) is 29.9. The zero-order valence-electron chi connectivity index (χ0n) is 36.8. The van der Waals surface area contributed by atoms with Crippen LogP contribution in [0.15, 0.2) is 18.2 Å². The quantitative estimate of drug-likeness (QED) is 0.258. The Morgan fingerprint density at radius 2 is 1.73 bits per heavy atom. The van der Waals surface area contributed by atoms with Gasteiger partial charge in [-0.2, -0.15) is 13.2 Å². The monoisotopic (exact) mass is 928 g/mol. The number of aryl methyl sites for hydroxylation is 1. The minimum Gasteiger partial charge on any atom is -0.497 e. The van der Waals surface area contributed by atoms with Crippen molar-refractivity contribution in [2.24, 2.45) is 23.2 Å². The molecule has 4 fully saturated rings. The lowest BCUT2D eigenvalue weighted by molar-refractivity contribution is -0.271. The van der Waals surface area contributed by atoms with Crippen LogP contribution in [0.2, 0.25) is 0 Å². The highest BCUT2D eigenvalue weighted by atomic mass is 32.2. The fraction of sp³-hybridized carbons (Fsp3) is 0.721. The Bertz CT molecular complexity index is 2270. The third kappa shape index (κ3) is 8.77. The number of hydrogen-bond acceptors (Lipinski definition) is 11. The summed E-state index contributed by atoms with van der Waals surface area (Å²) in [6.07, 6.45) is -9.06. The largest absolute Gasteiger partial charge is 0.497 e. The van der Waals surface area contributed by atoms with Gasteiger partial charge in [0, 0.05) is 17.9 Å². The summed E-state index contributed by atoms with van der Waals surface area (Å²) in [5.41, 5.74) is -5.11. The second kappa shape index (κ2) is 17.0. The predicted molar refractivity (Wildman–Crippen MR) is 221 cm³/mol. The predicted octanol–water partition coefficient (Wildman–Crippen LogP) is 6.12. The van der Waals surface area contributed by atoms with Crippen molar-refractivity contribution in [1.82, 2.24) is 30.2 Å². The van der Waals surface area contributed by atoms with Crippen molar-refractivity contribution in [2.45, 2.75) is 158 Å². The van der Waals surface area contributed by atoms with Crippen molar-refractivity contribution in [2.75, 3.05) is 13.7 Å². The fourth-order valence-electron chi connectivity index (χ4n) is 9.74. The Kier molecular flexibility index (Phi) is 12.6. The van der Waals surface area contributed by atoms with Crippen LogP contribution in [0.25, 0.3) is 11.0 Å². The Morgan fingerprint density at radius 3 is 2.34 bits per heavy atom. The van der Waals surface area contributed by atoms with E-state index in [9.17, 15) is 31.6 Å². The zero-order valence-corrected chi connectivity index (χ0v) is 37.6. The van der Waals surface area contributed by atoms with Crippen molar-refractivity contribution in [1.29, 1.82) is 0 Å². The van der Waals surface area contributed by atoms with Crippen LogP contribution in [0.5, 0.6) is 11.6 Å². The molecule has 354 valence electrons. The number of nitrogens with zero attached hydrogens (tertiary/aromatic N) is 3. The first kappa shape index (κ1) is 47.4. The van der Waals surface area contributed by atoms with Gasteiger partial charge < -0.3 is 29.7 Å². The molecule has 5 aliphatic rings. The standard InChI is InChI=1S/C43H57F5N6O9S/c1-7-25-30-22-54(31(25)34(55)52-41(21-26(41)33(44)45)37(57)53-64(59,60)40(5)18-19-40)36(56)32(39(2,3)4)51-38(58)63-42(43(46,47)48)17-11-13-23(42)12-9-8-10-14-28-35(62-30)50-29-20-24(61-6)15-16-27(29)49-28/h15-16,20,23,25-26,30-33H,7-14,17-19,21-22H2,1-6H3,(H,51,58)(H,52,55)(H,53,57)/t23?,25-,26+,30+,31+,32-,41-,42+/m1/s1. The molecule has 1 aromatic heterocycles. The van der Waals surface area contributed by atoms with Crippen LogP contribution in [0, 0.1) is 23.2 Å². The molecule has 64 heavy (non-hydrogen) atoms. The van der Waals surface area contributed by atoms with Crippen LogP contribution in [0.1, 0.15) is 111 Å². The summed E-state index contributed by atoms with van der Waals surface area (Å²) in [6.45, 7) is 7.39. The van der Waals surface area contributed by atoms with Crippen LogP contribution in [0.4, 0.5) is 26.7 Å². The lowest BCUT2D eigenvalue weighted by Gasteiger charge is -2.39. The van der Waals surface area contributed by atoms with Gasteiger partial charge in [0.25, 0.3) is 5.91 Å². The summed E-state index contributed by atoms with van der Waals surface area (Å²) in [5, 5.41) is 4.82. The Morgan fingerprint density at radius 1 is 1.03 bits per heavy atom. The smallest absolute Gasteiger partial charge is 0.428 e. The maximum Gasteiger partial charge on any atom is 0.428 e. The summed E-state index contributed by atoms with van der Waals surface area (Å²) in [6, 6.07) is 1.85. The van der Waals surface area contributed by atoms with Gasteiger partial charge in [-0.15, -0.1) is 0 Å². The number of alkyl carbamates (subject to hydrolysis) is 1. The van der Waals surface area contributed by atoms with Crippen molar-refractivity contribution in [3.63, 3.8) is 0 Å². The van der Waals surface area contributed by atoms with E-state index in [0.717, 1.165) is 4.90 Å². The minimum absolute atomic E-state index is 0.0642. The van der Waals surface area contributed by atoms with E-state index in [1.54, 1.807) is 45.9 Å². The van der Waals surface area contributed by atoms with Gasteiger partial charge in [0.2, 0.25) is 39.7 Å².